The molecular formula is C24H33N3O5S. The summed E-state index contributed by atoms with van der Waals surface area (Å²) in [4.78, 5) is 39.8. The largest absolute Gasteiger partial charge is 0.508 e. The fourth-order valence-corrected chi connectivity index (χ4v) is 3.96. The standard InChI is InChI=1S/C24H33N3O5S/c1-5-27(22(30)18(15-33)26-23(31)32-24(2,3)4)20(17-13-9-10-14-19(17)28)21(29)25-16-11-7-6-8-12-16/h1,9-10,13-14,16,18,20,28,33H,6-8,11-12,15H2,2-4H3,(H,25,29)(H,26,31). The Labute approximate surface area is 200 Å². The number of amides is 3. The number of phenolic OH excluding ortho intramolecular Hbond substituents is 1. The first-order valence-corrected chi connectivity index (χ1v) is 11.7. The fourth-order valence-electron chi connectivity index (χ4n) is 3.71. The van der Waals surface area contributed by atoms with Gasteiger partial charge in [-0.3, -0.25) is 14.5 Å². The number of benzene rings is 1. The second-order valence-corrected chi connectivity index (χ2v) is 9.39. The third kappa shape index (κ3) is 7.60. The SMILES string of the molecule is C#CN(C(=O)C(CS)NC(=O)OC(C)(C)C)C(C(=O)NC1CCCCC1)c1ccccc1O. The number of thiol groups is 1. The maximum Gasteiger partial charge on any atom is 0.408 e. The summed E-state index contributed by atoms with van der Waals surface area (Å²) in [7, 11) is 0. The van der Waals surface area contributed by atoms with E-state index in [2.05, 4.69) is 29.3 Å². The van der Waals surface area contributed by atoms with Crippen molar-refractivity contribution in [3.63, 3.8) is 0 Å². The molecule has 3 amide bonds. The number of hydrogen-bond acceptors (Lipinski definition) is 6. The first-order chi connectivity index (χ1) is 15.6. The number of aromatic hydroxyl groups is 1. The monoisotopic (exact) mass is 475 g/mol. The number of terminal acetylenes is 1. The van der Waals surface area contributed by atoms with Crippen LogP contribution < -0.4 is 10.6 Å². The van der Waals surface area contributed by atoms with Crippen LogP contribution in [0.2, 0.25) is 0 Å². The van der Waals surface area contributed by atoms with Gasteiger partial charge < -0.3 is 20.5 Å². The number of nitrogens with zero attached hydrogens (tertiary/aromatic N) is 1. The Hall–Kier alpha value is -2.86. The summed E-state index contributed by atoms with van der Waals surface area (Å²) in [5.41, 5.74) is -0.578. The highest BCUT2D eigenvalue weighted by Crippen LogP contribution is 2.30. The number of alkyl carbamates (subject to hydrolysis) is 1. The van der Waals surface area contributed by atoms with Crippen LogP contribution in [0.3, 0.4) is 0 Å². The van der Waals surface area contributed by atoms with Crippen molar-refractivity contribution in [1.82, 2.24) is 15.5 Å². The Morgan fingerprint density at radius 2 is 1.88 bits per heavy atom. The van der Waals surface area contributed by atoms with Crippen LogP contribution >= 0.6 is 12.6 Å². The van der Waals surface area contributed by atoms with Crippen molar-refractivity contribution in [2.75, 3.05) is 5.75 Å². The molecule has 1 fully saturated rings. The van der Waals surface area contributed by atoms with Gasteiger partial charge >= 0.3 is 6.09 Å². The highest BCUT2D eigenvalue weighted by Gasteiger charge is 2.37. The summed E-state index contributed by atoms with van der Waals surface area (Å²) in [6.07, 6.45) is 9.67. The number of para-hydroxylation sites is 1. The van der Waals surface area contributed by atoms with E-state index in [4.69, 9.17) is 11.2 Å². The molecule has 3 N–H and O–H groups in total. The summed E-state index contributed by atoms with van der Waals surface area (Å²) in [6.45, 7) is 5.09. The molecule has 180 valence electrons. The van der Waals surface area contributed by atoms with Crippen LogP contribution in [0.25, 0.3) is 0 Å². The molecule has 1 aromatic rings. The van der Waals surface area contributed by atoms with Crippen molar-refractivity contribution < 1.29 is 24.2 Å². The highest BCUT2D eigenvalue weighted by molar-refractivity contribution is 7.80. The summed E-state index contributed by atoms with van der Waals surface area (Å²) in [5, 5.41) is 15.9. The summed E-state index contributed by atoms with van der Waals surface area (Å²) in [5.74, 6) is -1.46. The zero-order valence-electron chi connectivity index (χ0n) is 19.3. The number of nitrogens with one attached hydrogen (secondary N) is 2. The predicted octanol–water partition coefficient (Wildman–Crippen LogP) is 3.12. The molecular weight excluding hydrogens is 442 g/mol. The summed E-state index contributed by atoms with van der Waals surface area (Å²) in [6, 6.07) is 6.02. The maximum atomic E-state index is 13.3. The molecule has 8 nitrogen and oxygen atoms in total. The minimum Gasteiger partial charge on any atom is -0.508 e. The Morgan fingerprint density at radius 3 is 2.42 bits per heavy atom. The first-order valence-electron chi connectivity index (χ1n) is 11.1. The van der Waals surface area contributed by atoms with Gasteiger partial charge in [-0.25, -0.2) is 4.79 Å². The molecule has 2 unspecified atom stereocenters. The smallest absolute Gasteiger partial charge is 0.408 e. The van der Waals surface area contributed by atoms with Gasteiger partial charge in [-0.15, -0.1) is 0 Å². The van der Waals surface area contributed by atoms with E-state index in [0.29, 0.717) is 0 Å². The Balaban J connectivity index is 2.32. The van der Waals surface area contributed by atoms with E-state index in [0.717, 1.165) is 37.0 Å². The minimum atomic E-state index is -1.28. The number of carbonyl (C=O) groups is 3. The number of rotatable bonds is 7. The summed E-state index contributed by atoms with van der Waals surface area (Å²) >= 11 is 4.17. The second kappa shape index (κ2) is 11.8. The van der Waals surface area contributed by atoms with E-state index in [-0.39, 0.29) is 23.1 Å². The third-order valence-electron chi connectivity index (χ3n) is 5.24. The molecule has 2 rings (SSSR count). The molecule has 2 atom stereocenters. The number of ether oxygens (including phenoxy) is 1. The molecule has 9 heteroatoms. The van der Waals surface area contributed by atoms with Crippen molar-refractivity contribution >= 4 is 30.5 Å². The van der Waals surface area contributed by atoms with Gasteiger partial charge in [0.25, 0.3) is 5.91 Å². The van der Waals surface area contributed by atoms with E-state index in [9.17, 15) is 19.5 Å². The Bertz CT molecular complexity index is 887. The predicted molar refractivity (Wildman–Crippen MR) is 129 cm³/mol. The quantitative estimate of drug-likeness (QED) is 0.275. The zero-order chi connectivity index (χ0) is 24.6. The van der Waals surface area contributed by atoms with Crippen molar-refractivity contribution in [3.8, 4) is 18.2 Å². The van der Waals surface area contributed by atoms with E-state index >= 15 is 0 Å². The number of hydrogen-bond donors (Lipinski definition) is 4. The number of carbonyl (C=O) groups excluding carboxylic acids is 3. The molecule has 1 aliphatic rings. The van der Waals surface area contributed by atoms with Crippen molar-refractivity contribution in [1.29, 1.82) is 0 Å². The Morgan fingerprint density at radius 1 is 1.24 bits per heavy atom. The van der Waals surface area contributed by atoms with Gasteiger partial charge in [-0.05, 0) is 39.7 Å². The molecule has 0 heterocycles. The molecule has 0 bridgehead atoms. The third-order valence-corrected chi connectivity index (χ3v) is 5.60. The van der Waals surface area contributed by atoms with Crippen LogP contribution in [0, 0.1) is 12.5 Å². The molecule has 0 radical (unpaired) electrons. The van der Waals surface area contributed by atoms with E-state index in [1.807, 2.05) is 0 Å². The van der Waals surface area contributed by atoms with E-state index in [1.165, 1.54) is 12.1 Å². The van der Waals surface area contributed by atoms with Crippen LogP contribution in [0.5, 0.6) is 5.75 Å². The van der Waals surface area contributed by atoms with Crippen molar-refractivity contribution in [2.24, 2.45) is 0 Å². The Kier molecular flexibility index (Phi) is 9.47. The normalized spacial score (nSPS) is 16.1. The van der Waals surface area contributed by atoms with Gasteiger partial charge in [-0.1, -0.05) is 43.9 Å². The lowest BCUT2D eigenvalue weighted by atomic mass is 9.94. The minimum absolute atomic E-state index is 0.0325. The van der Waals surface area contributed by atoms with Gasteiger partial charge in [0.15, 0.2) is 6.04 Å². The van der Waals surface area contributed by atoms with Gasteiger partial charge in [0.2, 0.25) is 5.91 Å². The molecule has 33 heavy (non-hydrogen) atoms. The lowest BCUT2D eigenvalue weighted by molar-refractivity contribution is -0.138. The van der Waals surface area contributed by atoms with Gasteiger partial charge in [0.1, 0.15) is 17.4 Å². The molecule has 1 aliphatic carbocycles. The fraction of sp³-hybridized carbons (Fsp3) is 0.542. The van der Waals surface area contributed by atoms with E-state index < -0.39 is 35.6 Å². The van der Waals surface area contributed by atoms with Crippen LogP contribution in [0.15, 0.2) is 24.3 Å². The number of phenols is 1. The lowest BCUT2D eigenvalue weighted by Gasteiger charge is -2.32. The van der Waals surface area contributed by atoms with Gasteiger partial charge in [0, 0.05) is 23.4 Å². The van der Waals surface area contributed by atoms with Crippen molar-refractivity contribution in [3.05, 3.63) is 29.8 Å². The average Bonchev–Trinajstić information content (AvgIpc) is 2.75. The molecule has 1 aromatic carbocycles. The second-order valence-electron chi connectivity index (χ2n) is 9.02. The summed E-state index contributed by atoms with van der Waals surface area (Å²) < 4.78 is 5.22. The van der Waals surface area contributed by atoms with Crippen molar-refractivity contribution in [2.45, 2.75) is 76.6 Å². The van der Waals surface area contributed by atoms with Gasteiger partial charge in [0.05, 0.1) is 0 Å². The molecule has 1 saturated carbocycles. The van der Waals surface area contributed by atoms with Crippen LogP contribution in [-0.4, -0.2) is 51.4 Å². The molecule has 0 aliphatic heterocycles. The van der Waals surface area contributed by atoms with E-state index in [1.54, 1.807) is 32.9 Å². The maximum absolute atomic E-state index is 13.3. The van der Waals surface area contributed by atoms with Gasteiger partial charge in [-0.2, -0.15) is 12.6 Å². The van der Waals surface area contributed by atoms with Crippen LogP contribution in [0.1, 0.15) is 64.5 Å². The topological polar surface area (TPSA) is 108 Å². The first kappa shape index (κ1) is 26.4. The average molecular weight is 476 g/mol. The molecule has 0 saturated heterocycles. The van der Waals surface area contributed by atoms with Crippen LogP contribution in [-0.2, 0) is 14.3 Å². The van der Waals surface area contributed by atoms with Crippen LogP contribution in [0.4, 0.5) is 4.79 Å². The molecule has 0 aromatic heterocycles. The zero-order valence-corrected chi connectivity index (χ0v) is 20.2. The molecule has 0 spiro atoms. The highest BCUT2D eigenvalue weighted by atomic mass is 32.1. The lowest BCUT2D eigenvalue weighted by Crippen LogP contribution is -2.53.